The summed E-state index contributed by atoms with van der Waals surface area (Å²) in [5.74, 6) is 0. The average Bonchev–Trinajstić information content (AvgIpc) is 3.05. The van der Waals surface area contributed by atoms with Crippen molar-refractivity contribution in [1.82, 2.24) is 5.32 Å². The third-order valence-electron chi connectivity index (χ3n) is 3.10. The summed E-state index contributed by atoms with van der Waals surface area (Å²) in [6, 6.07) is 7.23. The summed E-state index contributed by atoms with van der Waals surface area (Å²) >= 11 is 1.33. The lowest BCUT2D eigenvalue weighted by atomic mass is 10.0. The number of thiophene rings is 1. The molecule has 1 heterocycles. The highest BCUT2D eigenvalue weighted by atomic mass is 32.1. The van der Waals surface area contributed by atoms with Crippen molar-refractivity contribution in [2.75, 3.05) is 11.9 Å². The second-order valence-corrected chi connectivity index (χ2v) is 5.61. The Morgan fingerprint density at radius 2 is 2.00 bits per heavy atom. The quantitative estimate of drug-likeness (QED) is 0.473. The highest BCUT2D eigenvalue weighted by Gasteiger charge is 2.23. The number of rotatable bonds is 6. The minimum absolute atomic E-state index is 0.107. The Bertz CT molecular complexity index is 660. The number of aliphatic hydroxyl groups is 2. The Balaban J connectivity index is 2.01. The summed E-state index contributed by atoms with van der Waals surface area (Å²) in [7, 11) is 0. The molecule has 0 unspecified atom stereocenters. The summed E-state index contributed by atoms with van der Waals surface area (Å²) in [4.78, 5) is 21.9. The Morgan fingerprint density at radius 1 is 1.30 bits per heavy atom. The molecule has 0 saturated carbocycles. The summed E-state index contributed by atoms with van der Waals surface area (Å²) in [6.07, 6.45) is -1.20. The maximum Gasteiger partial charge on any atom is 0.320 e. The monoisotopic (exact) mass is 337 g/mol. The van der Waals surface area contributed by atoms with Crippen molar-refractivity contribution in [3.05, 3.63) is 57.5 Å². The molecule has 2 rings (SSSR count). The molecule has 0 aliphatic rings. The molecule has 4 N–H and O–H groups in total. The number of benzene rings is 1. The van der Waals surface area contributed by atoms with Crippen molar-refractivity contribution in [2.24, 2.45) is 0 Å². The SMILES string of the molecule is O=C(Nc1cccs1)N[C@H](CO)[C@H](O)c1ccc([N+](=O)[O-])cc1. The average molecular weight is 337 g/mol. The summed E-state index contributed by atoms with van der Waals surface area (Å²) < 4.78 is 0. The van der Waals surface area contributed by atoms with Gasteiger partial charge in [-0.15, -0.1) is 11.3 Å². The van der Waals surface area contributed by atoms with Crippen molar-refractivity contribution in [1.29, 1.82) is 0 Å². The van der Waals surface area contributed by atoms with E-state index in [1.165, 1.54) is 35.6 Å². The lowest BCUT2D eigenvalue weighted by Gasteiger charge is -2.22. The second-order valence-electron chi connectivity index (χ2n) is 4.66. The highest BCUT2D eigenvalue weighted by molar-refractivity contribution is 7.14. The van der Waals surface area contributed by atoms with Gasteiger partial charge in [0.2, 0.25) is 0 Å². The molecule has 8 nitrogen and oxygen atoms in total. The summed E-state index contributed by atoms with van der Waals surface area (Å²) in [6.45, 7) is -0.490. The zero-order valence-corrected chi connectivity index (χ0v) is 12.7. The fraction of sp³-hybridized carbons (Fsp3) is 0.214. The van der Waals surface area contributed by atoms with Gasteiger partial charge < -0.3 is 15.5 Å². The molecule has 1 aromatic heterocycles. The van der Waals surface area contributed by atoms with Crippen LogP contribution in [0.5, 0.6) is 0 Å². The molecule has 1 aromatic carbocycles. The van der Waals surface area contributed by atoms with Gasteiger partial charge in [0.15, 0.2) is 0 Å². The third-order valence-corrected chi connectivity index (χ3v) is 3.88. The van der Waals surface area contributed by atoms with Crippen LogP contribution in [0, 0.1) is 10.1 Å². The molecule has 0 spiro atoms. The molecular formula is C14H15N3O5S. The minimum atomic E-state index is -1.20. The van der Waals surface area contributed by atoms with Gasteiger partial charge in [0.1, 0.15) is 6.10 Å². The standard InChI is InChI=1S/C14H15N3O5S/c18-8-11(15-14(20)16-12-2-1-7-23-12)13(19)9-3-5-10(6-4-9)17(21)22/h1-7,11,13,18-19H,8H2,(H2,15,16,20)/t11-,13-/m1/s1. The molecule has 122 valence electrons. The molecule has 2 aromatic rings. The molecule has 0 fully saturated rings. The maximum atomic E-state index is 11.8. The van der Waals surface area contributed by atoms with Crippen molar-refractivity contribution < 1.29 is 19.9 Å². The van der Waals surface area contributed by atoms with Gasteiger partial charge in [-0.25, -0.2) is 4.79 Å². The van der Waals surface area contributed by atoms with E-state index in [1.807, 2.05) is 0 Å². The van der Waals surface area contributed by atoms with E-state index in [9.17, 15) is 25.1 Å². The molecule has 2 amide bonds. The van der Waals surface area contributed by atoms with Crippen LogP contribution >= 0.6 is 11.3 Å². The smallest absolute Gasteiger partial charge is 0.320 e. The van der Waals surface area contributed by atoms with Crippen LogP contribution in [-0.2, 0) is 0 Å². The number of nitro benzene ring substituents is 1. The van der Waals surface area contributed by atoms with Crippen LogP contribution in [0.25, 0.3) is 0 Å². The number of nitrogens with one attached hydrogen (secondary N) is 2. The lowest BCUT2D eigenvalue weighted by Crippen LogP contribution is -2.43. The van der Waals surface area contributed by atoms with E-state index in [1.54, 1.807) is 17.5 Å². The van der Waals surface area contributed by atoms with E-state index in [0.29, 0.717) is 10.6 Å². The number of hydrogen-bond donors (Lipinski definition) is 4. The number of amides is 2. The molecule has 9 heteroatoms. The summed E-state index contributed by atoms with van der Waals surface area (Å²) in [5.41, 5.74) is 0.246. The molecule has 0 aliphatic carbocycles. The van der Waals surface area contributed by atoms with Crippen molar-refractivity contribution >= 4 is 28.1 Å². The van der Waals surface area contributed by atoms with Crippen molar-refractivity contribution in [3.63, 3.8) is 0 Å². The second kappa shape index (κ2) is 7.68. The van der Waals surface area contributed by atoms with E-state index in [0.717, 1.165) is 0 Å². The van der Waals surface area contributed by atoms with Crippen LogP contribution in [0.15, 0.2) is 41.8 Å². The van der Waals surface area contributed by atoms with E-state index in [-0.39, 0.29) is 5.69 Å². The summed E-state index contributed by atoms with van der Waals surface area (Å²) in [5, 5.41) is 37.7. The third kappa shape index (κ3) is 4.49. The van der Waals surface area contributed by atoms with E-state index in [4.69, 9.17) is 0 Å². The van der Waals surface area contributed by atoms with Crippen LogP contribution in [0.3, 0.4) is 0 Å². The van der Waals surface area contributed by atoms with Gasteiger partial charge >= 0.3 is 6.03 Å². The fourth-order valence-corrected chi connectivity index (χ4v) is 2.53. The van der Waals surface area contributed by atoms with Gasteiger partial charge in [-0.2, -0.15) is 0 Å². The van der Waals surface area contributed by atoms with Crippen LogP contribution < -0.4 is 10.6 Å². The minimum Gasteiger partial charge on any atom is -0.394 e. The normalized spacial score (nSPS) is 13.1. The first-order valence-corrected chi connectivity index (χ1v) is 7.53. The number of aliphatic hydroxyl groups excluding tert-OH is 2. The largest absolute Gasteiger partial charge is 0.394 e. The molecule has 0 aliphatic heterocycles. The lowest BCUT2D eigenvalue weighted by molar-refractivity contribution is -0.384. The zero-order chi connectivity index (χ0) is 16.8. The molecule has 2 atom stereocenters. The predicted molar refractivity (Wildman–Crippen MR) is 85.4 cm³/mol. The fourth-order valence-electron chi connectivity index (χ4n) is 1.92. The van der Waals surface area contributed by atoms with Crippen LogP contribution in [0.1, 0.15) is 11.7 Å². The van der Waals surface area contributed by atoms with Crippen LogP contribution in [0.4, 0.5) is 15.5 Å². The van der Waals surface area contributed by atoms with Crippen LogP contribution in [-0.4, -0.2) is 33.8 Å². The van der Waals surface area contributed by atoms with Gasteiger partial charge in [0, 0.05) is 12.1 Å². The molecule has 23 heavy (non-hydrogen) atoms. The first kappa shape index (κ1) is 16.9. The molecule has 0 radical (unpaired) electrons. The highest BCUT2D eigenvalue weighted by Crippen LogP contribution is 2.21. The Hall–Kier alpha value is -2.49. The van der Waals surface area contributed by atoms with Gasteiger partial charge in [-0.1, -0.05) is 0 Å². The number of carbonyl (C=O) groups excluding carboxylic acids is 1. The number of carbonyl (C=O) groups is 1. The number of nitro groups is 1. The molecule has 0 bridgehead atoms. The van der Waals surface area contributed by atoms with Gasteiger partial charge in [-0.05, 0) is 35.2 Å². The first-order valence-electron chi connectivity index (χ1n) is 6.65. The molecule has 0 saturated heterocycles. The van der Waals surface area contributed by atoms with E-state index >= 15 is 0 Å². The van der Waals surface area contributed by atoms with E-state index < -0.39 is 29.7 Å². The van der Waals surface area contributed by atoms with Gasteiger partial charge in [-0.3, -0.25) is 15.4 Å². The number of hydrogen-bond acceptors (Lipinski definition) is 6. The number of anilines is 1. The number of urea groups is 1. The topological polar surface area (TPSA) is 125 Å². The Morgan fingerprint density at radius 3 is 2.52 bits per heavy atom. The van der Waals surface area contributed by atoms with Crippen molar-refractivity contribution in [3.8, 4) is 0 Å². The first-order chi connectivity index (χ1) is 11.0. The molecular weight excluding hydrogens is 322 g/mol. The number of non-ortho nitro benzene ring substituents is 1. The van der Waals surface area contributed by atoms with Crippen molar-refractivity contribution in [2.45, 2.75) is 12.1 Å². The maximum absolute atomic E-state index is 11.8. The van der Waals surface area contributed by atoms with Gasteiger partial charge in [0.05, 0.1) is 22.6 Å². The Labute approximate surface area is 135 Å². The van der Waals surface area contributed by atoms with Gasteiger partial charge in [0.25, 0.3) is 5.69 Å². The van der Waals surface area contributed by atoms with E-state index in [2.05, 4.69) is 10.6 Å². The zero-order valence-electron chi connectivity index (χ0n) is 11.9. The number of nitrogens with zero attached hydrogens (tertiary/aromatic N) is 1. The predicted octanol–water partition coefficient (Wildman–Crippen LogP) is 1.87. The Kier molecular flexibility index (Phi) is 5.63. The van der Waals surface area contributed by atoms with Crippen LogP contribution in [0.2, 0.25) is 0 Å².